The largest absolute Gasteiger partial charge is 2.00 e. The number of aliphatic hydroxyl groups is 1. The van der Waals surface area contributed by atoms with E-state index in [1.807, 2.05) is 0 Å². The Morgan fingerprint density at radius 2 is 0.900 bits per heavy atom. The maximum Gasteiger partial charge on any atom is 2.00 e. The first kappa shape index (κ1) is 43.2. The van der Waals surface area contributed by atoms with E-state index in [2.05, 4.69) is 21.1 Å². The summed E-state index contributed by atoms with van der Waals surface area (Å²) in [4.78, 5) is 68.3. The molecule has 0 aliphatic carbocycles. The molecule has 0 saturated carbocycles. The first-order valence-electron chi connectivity index (χ1n) is 13.3. The zero-order valence-electron chi connectivity index (χ0n) is 27.0. The third-order valence-corrected chi connectivity index (χ3v) is 5.85. The van der Waals surface area contributed by atoms with Crippen molar-refractivity contribution in [2.45, 2.75) is 128 Å². The van der Waals surface area contributed by atoms with Crippen LogP contribution in [-0.4, -0.2) is 80.2 Å². The Labute approximate surface area is 278 Å². The molecule has 0 unspecified atom stereocenters. The van der Waals surface area contributed by atoms with E-state index in [-0.39, 0.29) is 63.3 Å². The van der Waals surface area contributed by atoms with Crippen molar-refractivity contribution in [1.82, 2.24) is 0 Å². The minimum absolute atomic E-state index is 0. The molecular formula is C26H45MgNaO12. The van der Waals surface area contributed by atoms with Gasteiger partial charge in [-0.3, -0.25) is 14.4 Å². The van der Waals surface area contributed by atoms with Gasteiger partial charge >= 0.3 is 88.8 Å². The monoisotopic (exact) mass is 596 g/mol. The smallest absolute Gasteiger partial charge is 1.00 e. The third-order valence-electron chi connectivity index (χ3n) is 5.85. The van der Waals surface area contributed by atoms with Gasteiger partial charge in [0.2, 0.25) is 0 Å². The van der Waals surface area contributed by atoms with Crippen LogP contribution in [0.2, 0.25) is 0 Å². The fourth-order valence-electron chi connectivity index (χ4n) is 3.84. The molecule has 0 spiro atoms. The van der Waals surface area contributed by atoms with E-state index < -0.39 is 54.6 Å². The fraction of sp³-hybridized carbons (Fsp3) is 0.769. The van der Waals surface area contributed by atoms with Gasteiger partial charge in [0.25, 0.3) is 0 Å². The molecule has 0 amide bonds. The van der Waals surface area contributed by atoms with E-state index in [1.54, 1.807) is 0 Å². The number of rotatable bonds is 21. The van der Waals surface area contributed by atoms with Crippen molar-refractivity contribution in [2.75, 3.05) is 0 Å². The molecule has 0 aromatic carbocycles. The number of carbonyl (C=O) groups excluding carboxylic acids is 4. The van der Waals surface area contributed by atoms with Crippen LogP contribution in [0.4, 0.5) is 9.59 Å². The van der Waals surface area contributed by atoms with Gasteiger partial charge in [0.05, 0.1) is 12.8 Å². The number of carbonyl (C=O) groups is 6. The Bertz CT molecular complexity index is 760. The molecule has 0 aliphatic heterocycles. The van der Waals surface area contributed by atoms with Crippen LogP contribution in [0.1, 0.15) is 127 Å². The van der Waals surface area contributed by atoms with E-state index in [0.717, 1.165) is 19.3 Å². The third kappa shape index (κ3) is 24.5. The topological polar surface area (TPSA) is 191 Å². The first-order chi connectivity index (χ1) is 18.0. The second kappa shape index (κ2) is 26.6. The molecule has 0 aromatic heterocycles. The molecule has 0 heterocycles. The Hall–Kier alpha value is -1.25. The van der Waals surface area contributed by atoms with Gasteiger partial charge in [-0.15, -0.1) is 0 Å². The molecule has 14 heteroatoms. The van der Waals surface area contributed by atoms with E-state index in [1.165, 1.54) is 64.2 Å². The van der Waals surface area contributed by atoms with Gasteiger partial charge in [0, 0.05) is 6.42 Å². The van der Waals surface area contributed by atoms with Crippen LogP contribution in [0.5, 0.6) is 0 Å². The molecule has 3 N–H and O–H groups in total. The van der Waals surface area contributed by atoms with Crippen LogP contribution in [0, 0.1) is 0 Å². The van der Waals surface area contributed by atoms with Crippen LogP contribution in [0.15, 0.2) is 0 Å². The average molecular weight is 597 g/mol. The molecule has 224 valence electrons. The summed E-state index contributed by atoms with van der Waals surface area (Å²) < 4.78 is 12.1. The molecule has 40 heavy (non-hydrogen) atoms. The maximum atomic E-state index is 12.3. The molecule has 0 aromatic rings. The van der Waals surface area contributed by atoms with Crippen molar-refractivity contribution >= 4 is 59.2 Å². The molecule has 0 radical (unpaired) electrons. The van der Waals surface area contributed by atoms with Crippen LogP contribution in [0.25, 0.3) is 0 Å². The SMILES string of the molecule is CCCCCCCCCCCCCCCCCC(=O)OC(=O)C(O)(CC(=O)OC(=O)O)CC(=O)OC(=O)O.[H-].[H-].[H-].[Mg+2].[Na+]. The Balaban J connectivity index is -0.000000684. The van der Waals surface area contributed by atoms with Crippen molar-refractivity contribution in [1.29, 1.82) is 0 Å². The minimum atomic E-state index is -3.07. The molecule has 0 aliphatic rings. The van der Waals surface area contributed by atoms with Crippen LogP contribution < -0.4 is 29.6 Å². The summed E-state index contributed by atoms with van der Waals surface area (Å²) in [6, 6.07) is 0. The number of ether oxygens (including phenoxy) is 3. The van der Waals surface area contributed by atoms with Crippen molar-refractivity contribution in [3.63, 3.8) is 0 Å². The number of unbranched alkanes of at least 4 members (excludes halogenated alkanes) is 14. The number of esters is 4. The van der Waals surface area contributed by atoms with E-state index in [4.69, 9.17) is 10.2 Å². The summed E-state index contributed by atoms with van der Waals surface area (Å²) in [5.41, 5.74) is -3.07. The van der Waals surface area contributed by atoms with E-state index in [9.17, 15) is 33.9 Å². The maximum absolute atomic E-state index is 12.3. The second-order valence-corrected chi connectivity index (χ2v) is 9.33. The summed E-state index contributed by atoms with van der Waals surface area (Å²) in [6.07, 6.45) is 9.90. The molecule has 0 saturated heterocycles. The predicted octanol–water partition coefficient (Wildman–Crippen LogP) is 2.23. The van der Waals surface area contributed by atoms with Crippen molar-refractivity contribution in [3.05, 3.63) is 0 Å². The van der Waals surface area contributed by atoms with Crippen molar-refractivity contribution in [2.24, 2.45) is 0 Å². The molecule has 0 rings (SSSR count). The first-order valence-corrected chi connectivity index (χ1v) is 13.3. The normalized spacial score (nSPS) is 10.4. The zero-order valence-corrected chi connectivity index (χ0v) is 27.4. The second-order valence-electron chi connectivity index (χ2n) is 9.33. The van der Waals surface area contributed by atoms with Gasteiger partial charge < -0.3 is 33.8 Å². The Kier molecular flexibility index (Phi) is 28.8. The summed E-state index contributed by atoms with van der Waals surface area (Å²) in [5, 5.41) is 27.3. The summed E-state index contributed by atoms with van der Waals surface area (Å²) in [5.74, 6) is -6.01. The number of hydrogen-bond donors (Lipinski definition) is 3. The van der Waals surface area contributed by atoms with Gasteiger partial charge in [-0.05, 0) is 6.42 Å². The Morgan fingerprint density at radius 1 is 0.575 bits per heavy atom. The summed E-state index contributed by atoms with van der Waals surface area (Å²) in [6.45, 7) is 2.22. The summed E-state index contributed by atoms with van der Waals surface area (Å²) in [7, 11) is 0. The van der Waals surface area contributed by atoms with Crippen LogP contribution in [-0.2, 0) is 33.4 Å². The molecule has 0 atom stereocenters. The molecule has 0 bridgehead atoms. The molecule has 12 nitrogen and oxygen atoms in total. The van der Waals surface area contributed by atoms with Gasteiger partial charge in [-0.25, -0.2) is 14.4 Å². The number of carboxylic acid groups (broad SMARTS) is 2. The average Bonchev–Trinajstić information content (AvgIpc) is 2.80. The van der Waals surface area contributed by atoms with E-state index in [0.29, 0.717) is 12.8 Å². The minimum Gasteiger partial charge on any atom is -1.00 e. The van der Waals surface area contributed by atoms with Gasteiger partial charge in [-0.2, -0.15) is 0 Å². The van der Waals surface area contributed by atoms with Gasteiger partial charge in [0.15, 0.2) is 5.60 Å². The van der Waals surface area contributed by atoms with Crippen LogP contribution in [0.3, 0.4) is 0 Å². The predicted molar refractivity (Wildman–Crippen MR) is 142 cm³/mol. The van der Waals surface area contributed by atoms with Crippen molar-refractivity contribution < 1.29 is 92.1 Å². The van der Waals surface area contributed by atoms with Crippen LogP contribution >= 0.6 is 0 Å². The fourth-order valence-corrected chi connectivity index (χ4v) is 3.84. The van der Waals surface area contributed by atoms with Crippen molar-refractivity contribution in [3.8, 4) is 0 Å². The standard InChI is InChI=1S/C26H42O12.Mg.Na.3H/c1-2-3-4-5-6-7-8-9-10-11-12-13-14-15-16-17-20(27)36-23(30)26(35,18-21(28)37-24(31)32)19-22(29)38-25(33)34;;;;;/h35H,2-19H2,1H3,(H,31,32)(H,33,34);;;;;/q;+2;+1;3*-1. The van der Waals surface area contributed by atoms with Gasteiger partial charge in [-0.1, -0.05) is 96.8 Å². The zero-order chi connectivity index (χ0) is 28.8. The quantitative estimate of drug-likeness (QED) is 0.0576. The van der Waals surface area contributed by atoms with Gasteiger partial charge in [0.1, 0.15) is 0 Å². The molecule has 0 fully saturated rings. The number of hydrogen-bond acceptors (Lipinski definition) is 10. The van der Waals surface area contributed by atoms with E-state index >= 15 is 0 Å². The summed E-state index contributed by atoms with van der Waals surface area (Å²) >= 11 is 0. The molecular weight excluding hydrogens is 552 g/mol. The Morgan fingerprint density at radius 3 is 1.23 bits per heavy atom.